The summed E-state index contributed by atoms with van der Waals surface area (Å²) in [4.78, 5) is 10.4. The van der Waals surface area contributed by atoms with Gasteiger partial charge < -0.3 is 4.57 Å². The first-order valence-corrected chi connectivity index (χ1v) is 17.0. The molecule has 0 amide bonds. The first kappa shape index (κ1) is 27.1. The Hall–Kier alpha value is -6.10. The number of benzene rings is 7. The second kappa shape index (κ2) is 10.7. The normalized spacial score (nSPS) is 11.8. The van der Waals surface area contributed by atoms with Gasteiger partial charge in [-0.05, 0) is 59.7 Å². The molecule has 10 aromatic rings. The van der Waals surface area contributed by atoms with Crippen LogP contribution in [0.15, 0.2) is 164 Å². The molecule has 0 atom stereocenters. The minimum absolute atomic E-state index is 0.724. The topological polar surface area (TPSA) is 30.7 Å². The number of hydrogen-bond acceptors (Lipinski definition) is 3. The third-order valence-electron chi connectivity index (χ3n) is 9.41. The zero-order valence-corrected chi connectivity index (χ0v) is 26.7. The minimum Gasteiger partial charge on any atom is -0.309 e. The zero-order chi connectivity index (χ0) is 31.6. The molecular weight excluding hydrogens is 603 g/mol. The van der Waals surface area contributed by atoms with Gasteiger partial charge in [0.1, 0.15) is 0 Å². The second-order valence-corrected chi connectivity index (χ2v) is 13.2. The lowest BCUT2D eigenvalue weighted by molar-refractivity contribution is 1.18. The fourth-order valence-corrected chi connectivity index (χ4v) is 8.42. The molecule has 3 nitrogen and oxygen atoms in total. The standard InChI is InChI=1S/C44H27N3S/c1-3-11-28(12-4-1)29-19-21-30(22-20-29)42-35-16-7-9-17-37(35)45-44(46-42)31-23-25-38-36(27-31)41-39(47(38)32-13-5-2-6-14-32)26-24-34-33-15-8-10-18-40(33)48-43(34)41/h1-27H. The molecule has 0 aliphatic rings. The number of nitrogens with zero attached hydrogens (tertiary/aromatic N) is 3. The van der Waals surface area contributed by atoms with E-state index in [1.807, 2.05) is 17.4 Å². The Balaban J connectivity index is 1.21. The Morgan fingerprint density at radius 1 is 0.438 bits per heavy atom. The predicted molar refractivity (Wildman–Crippen MR) is 203 cm³/mol. The van der Waals surface area contributed by atoms with Crippen molar-refractivity contribution >= 4 is 64.2 Å². The van der Waals surface area contributed by atoms with Crippen molar-refractivity contribution < 1.29 is 0 Å². The van der Waals surface area contributed by atoms with Gasteiger partial charge in [0, 0.05) is 53.1 Å². The monoisotopic (exact) mass is 629 g/mol. The van der Waals surface area contributed by atoms with Crippen LogP contribution in [0.1, 0.15) is 0 Å². The van der Waals surface area contributed by atoms with Gasteiger partial charge in [-0.25, -0.2) is 9.97 Å². The van der Waals surface area contributed by atoms with Crippen LogP contribution < -0.4 is 0 Å². The van der Waals surface area contributed by atoms with Gasteiger partial charge in [0.25, 0.3) is 0 Å². The highest BCUT2D eigenvalue weighted by Crippen LogP contribution is 2.44. The maximum atomic E-state index is 5.28. The molecule has 0 radical (unpaired) electrons. The number of aromatic nitrogens is 3. The third-order valence-corrected chi connectivity index (χ3v) is 10.6. The van der Waals surface area contributed by atoms with Crippen LogP contribution in [0.25, 0.3) is 92.3 Å². The molecule has 0 aliphatic heterocycles. The van der Waals surface area contributed by atoms with Crippen LogP contribution in [-0.2, 0) is 0 Å². The van der Waals surface area contributed by atoms with Crippen LogP contribution in [-0.4, -0.2) is 14.5 Å². The zero-order valence-electron chi connectivity index (χ0n) is 25.8. The fourth-order valence-electron chi connectivity index (χ4n) is 7.16. The summed E-state index contributed by atoms with van der Waals surface area (Å²) in [5.41, 5.74) is 9.85. The molecule has 4 heteroatoms. The number of fused-ring (bicyclic) bond motifs is 8. The summed E-state index contributed by atoms with van der Waals surface area (Å²) in [6, 6.07) is 58.2. The van der Waals surface area contributed by atoms with E-state index in [9.17, 15) is 0 Å². The van der Waals surface area contributed by atoms with Crippen LogP contribution in [0.5, 0.6) is 0 Å². The van der Waals surface area contributed by atoms with Gasteiger partial charge in [-0.2, -0.15) is 0 Å². The van der Waals surface area contributed by atoms with Gasteiger partial charge in [0.15, 0.2) is 5.82 Å². The summed E-state index contributed by atoms with van der Waals surface area (Å²) in [5, 5.41) is 6.11. The molecule has 0 aliphatic carbocycles. The molecule has 0 N–H and O–H groups in total. The maximum Gasteiger partial charge on any atom is 0.160 e. The van der Waals surface area contributed by atoms with Crippen molar-refractivity contribution in [1.82, 2.24) is 14.5 Å². The molecular formula is C44H27N3S. The molecule has 7 aromatic carbocycles. The van der Waals surface area contributed by atoms with E-state index in [0.29, 0.717) is 0 Å². The maximum absolute atomic E-state index is 5.28. The highest BCUT2D eigenvalue weighted by atomic mass is 32.1. The summed E-state index contributed by atoms with van der Waals surface area (Å²) in [6.07, 6.45) is 0. The van der Waals surface area contributed by atoms with Crippen molar-refractivity contribution in [3.8, 4) is 39.5 Å². The van der Waals surface area contributed by atoms with E-state index in [1.165, 1.54) is 53.1 Å². The molecule has 0 saturated carbocycles. The molecule has 0 fully saturated rings. The SMILES string of the molecule is c1ccc(-c2ccc(-c3nc(-c4ccc5c(c4)c4c6sc7ccccc7c6ccc4n5-c4ccccc4)nc4ccccc34)cc2)cc1. The van der Waals surface area contributed by atoms with Crippen molar-refractivity contribution in [2.45, 2.75) is 0 Å². The van der Waals surface area contributed by atoms with Crippen molar-refractivity contribution in [1.29, 1.82) is 0 Å². The minimum atomic E-state index is 0.724. The molecule has 48 heavy (non-hydrogen) atoms. The number of thiophene rings is 1. The van der Waals surface area contributed by atoms with Crippen molar-refractivity contribution in [2.75, 3.05) is 0 Å². The summed E-state index contributed by atoms with van der Waals surface area (Å²) >= 11 is 1.87. The van der Waals surface area contributed by atoms with E-state index >= 15 is 0 Å². The van der Waals surface area contributed by atoms with Gasteiger partial charge in [-0.1, -0.05) is 115 Å². The summed E-state index contributed by atoms with van der Waals surface area (Å²) < 4.78 is 5.00. The number of hydrogen-bond donors (Lipinski definition) is 0. The van der Waals surface area contributed by atoms with E-state index < -0.39 is 0 Å². The molecule has 0 saturated heterocycles. The molecule has 0 bridgehead atoms. The Bertz CT molecular complexity index is 2810. The lowest BCUT2D eigenvalue weighted by Gasteiger charge is -2.11. The van der Waals surface area contributed by atoms with Gasteiger partial charge in [0.05, 0.1) is 22.2 Å². The van der Waals surface area contributed by atoms with Crippen LogP contribution in [0.2, 0.25) is 0 Å². The molecule has 0 spiro atoms. The second-order valence-electron chi connectivity index (χ2n) is 12.2. The predicted octanol–water partition coefficient (Wildman–Crippen LogP) is 12.1. The molecule has 10 rings (SSSR count). The largest absolute Gasteiger partial charge is 0.309 e. The van der Waals surface area contributed by atoms with E-state index in [4.69, 9.17) is 9.97 Å². The fraction of sp³-hybridized carbons (Fsp3) is 0. The lowest BCUT2D eigenvalue weighted by Crippen LogP contribution is -1.96. The number of para-hydroxylation sites is 2. The lowest BCUT2D eigenvalue weighted by atomic mass is 10.0. The Morgan fingerprint density at radius 3 is 1.92 bits per heavy atom. The average Bonchev–Trinajstić information content (AvgIpc) is 3.70. The van der Waals surface area contributed by atoms with Crippen LogP contribution in [0.4, 0.5) is 0 Å². The first-order chi connectivity index (χ1) is 23.8. The van der Waals surface area contributed by atoms with Crippen molar-refractivity contribution in [3.05, 3.63) is 164 Å². The molecule has 0 unspecified atom stereocenters. The smallest absolute Gasteiger partial charge is 0.160 e. The summed E-state index contributed by atoms with van der Waals surface area (Å²) in [7, 11) is 0. The van der Waals surface area contributed by atoms with Gasteiger partial charge >= 0.3 is 0 Å². The molecule has 3 aromatic heterocycles. The van der Waals surface area contributed by atoms with Gasteiger partial charge in [-0.15, -0.1) is 11.3 Å². The van der Waals surface area contributed by atoms with Crippen LogP contribution in [0, 0.1) is 0 Å². The first-order valence-electron chi connectivity index (χ1n) is 16.2. The quantitative estimate of drug-likeness (QED) is 0.194. The van der Waals surface area contributed by atoms with Gasteiger partial charge in [0.2, 0.25) is 0 Å². The van der Waals surface area contributed by atoms with E-state index in [2.05, 4.69) is 162 Å². The van der Waals surface area contributed by atoms with E-state index in [-0.39, 0.29) is 0 Å². The average molecular weight is 630 g/mol. The van der Waals surface area contributed by atoms with Crippen molar-refractivity contribution in [3.63, 3.8) is 0 Å². The Labute approximate surface area is 281 Å². The van der Waals surface area contributed by atoms with Crippen LogP contribution >= 0.6 is 11.3 Å². The van der Waals surface area contributed by atoms with Crippen LogP contribution in [0.3, 0.4) is 0 Å². The number of rotatable bonds is 4. The summed E-state index contributed by atoms with van der Waals surface area (Å²) in [6.45, 7) is 0. The van der Waals surface area contributed by atoms with Gasteiger partial charge in [-0.3, -0.25) is 0 Å². The Kier molecular flexibility index (Phi) is 6.05. The summed E-state index contributed by atoms with van der Waals surface area (Å²) in [5.74, 6) is 0.724. The molecule has 3 heterocycles. The Morgan fingerprint density at radius 2 is 1.08 bits per heavy atom. The highest BCUT2D eigenvalue weighted by Gasteiger charge is 2.19. The highest BCUT2D eigenvalue weighted by molar-refractivity contribution is 7.26. The van der Waals surface area contributed by atoms with Crippen molar-refractivity contribution in [2.24, 2.45) is 0 Å². The molecule has 224 valence electrons. The third kappa shape index (κ3) is 4.20. The van der Waals surface area contributed by atoms with E-state index in [1.54, 1.807) is 0 Å². The van der Waals surface area contributed by atoms with E-state index in [0.717, 1.165) is 39.2 Å².